The van der Waals surface area contributed by atoms with E-state index in [1.165, 1.54) is 0 Å². The van der Waals surface area contributed by atoms with Crippen molar-refractivity contribution in [2.45, 2.75) is 59.2 Å². The Balaban J connectivity index is 1.78. The molecule has 35 heavy (non-hydrogen) atoms. The van der Waals surface area contributed by atoms with Crippen LogP contribution in [0.1, 0.15) is 58.3 Å². The fraction of sp³-hybridized carbons (Fsp3) is 0.429. The van der Waals surface area contributed by atoms with Crippen molar-refractivity contribution < 1.29 is 9.53 Å². The molecular formula is C28H38N4O3. The molecule has 0 spiro atoms. The van der Waals surface area contributed by atoms with E-state index in [-0.39, 0.29) is 17.6 Å². The van der Waals surface area contributed by atoms with Crippen LogP contribution in [0.15, 0.2) is 71.7 Å². The maximum Gasteiger partial charge on any atom is 0.407 e. The smallest absolute Gasteiger partial charge is 0.407 e. The molecule has 0 radical (unpaired) electrons. The second kappa shape index (κ2) is 11.9. The van der Waals surface area contributed by atoms with Crippen molar-refractivity contribution in [1.82, 2.24) is 19.8 Å². The van der Waals surface area contributed by atoms with E-state index in [2.05, 4.69) is 24.5 Å². The lowest BCUT2D eigenvalue weighted by Crippen LogP contribution is -2.35. The van der Waals surface area contributed by atoms with Gasteiger partial charge in [-0.3, -0.25) is 9.13 Å². The lowest BCUT2D eigenvalue weighted by molar-refractivity contribution is 0.0527. The molecule has 0 saturated heterocycles. The minimum Gasteiger partial charge on any atom is -0.444 e. The molecule has 7 heteroatoms. The Kier molecular flexibility index (Phi) is 8.93. The quantitative estimate of drug-likeness (QED) is 0.407. The maximum atomic E-state index is 13.5. The maximum absolute atomic E-state index is 13.5. The van der Waals surface area contributed by atoms with Crippen LogP contribution in [0.5, 0.6) is 0 Å². The molecule has 3 rings (SSSR count). The summed E-state index contributed by atoms with van der Waals surface area (Å²) in [5.41, 5.74) is 2.28. The number of aromatic nitrogens is 2. The SMILES string of the molecule is CC(C)C(NCCCNC(=O)OC(C)(C)C)c1cn(-c2ccccc2)c(=O)n1Cc1ccccc1. The van der Waals surface area contributed by atoms with Crippen molar-refractivity contribution in [1.29, 1.82) is 0 Å². The number of benzene rings is 2. The van der Waals surface area contributed by atoms with Crippen molar-refractivity contribution in [3.63, 3.8) is 0 Å². The predicted molar refractivity (Wildman–Crippen MR) is 140 cm³/mol. The van der Waals surface area contributed by atoms with Gasteiger partial charge in [0.15, 0.2) is 0 Å². The summed E-state index contributed by atoms with van der Waals surface area (Å²) in [5.74, 6) is 0.252. The van der Waals surface area contributed by atoms with Crippen molar-refractivity contribution in [3.05, 3.63) is 88.6 Å². The molecule has 0 aliphatic carbocycles. The number of carbonyl (C=O) groups excluding carboxylic acids is 1. The van der Waals surface area contributed by atoms with Crippen LogP contribution >= 0.6 is 0 Å². The number of nitrogens with zero attached hydrogens (tertiary/aromatic N) is 2. The number of imidazole rings is 1. The molecule has 1 amide bonds. The van der Waals surface area contributed by atoms with Gasteiger partial charge in [0, 0.05) is 12.7 Å². The van der Waals surface area contributed by atoms with Crippen LogP contribution in [-0.2, 0) is 11.3 Å². The van der Waals surface area contributed by atoms with Gasteiger partial charge in [0.1, 0.15) is 5.60 Å². The standard InChI is InChI=1S/C28H38N4O3/c1-21(2)25(29-17-12-18-30-26(33)35-28(3,4)5)24-20-31(23-15-10-7-11-16-23)27(34)32(24)19-22-13-8-6-9-14-22/h6-11,13-16,20-21,25,29H,12,17-19H2,1-5H3,(H,30,33). The highest BCUT2D eigenvalue weighted by molar-refractivity contribution is 5.67. The van der Waals surface area contributed by atoms with E-state index in [1.807, 2.05) is 92.2 Å². The number of nitrogens with one attached hydrogen (secondary N) is 2. The van der Waals surface area contributed by atoms with Crippen LogP contribution < -0.4 is 16.3 Å². The number of carbonyl (C=O) groups is 1. The molecule has 1 unspecified atom stereocenters. The lowest BCUT2D eigenvalue weighted by atomic mass is 10.0. The third-order valence-corrected chi connectivity index (χ3v) is 5.60. The van der Waals surface area contributed by atoms with Crippen LogP contribution in [-0.4, -0.2) is 33.9 Å². The molecule has 2 N–H and O–H groups in total. The highest BCUT2D eigenvalue weighted by atomic mass is 16.6. The second-order valence-electron chi connectivity index (χ2n) is 10.1. The Morgan fingerprint density at radius 3 is 2.20 bits per heavy atom. The normalized spacial score (nSPS) is 12.5. The number of hydrogen-bond acceptors (Lipinski definition) is 4. The van der Waals surface area contributed by atoms with Gasteiger partial charge in [-0.1, -0.05) is 62.4 Å². The van der Waals surface area contributed by atoms with Gasteiger partial charge in [-0.2, -0.15) is 0 Å². The number of para-hydroxylation sites is 1. The van der Waals surface area contributed by atoms with E-state index in [0.717, 1.165) is 23.4 Å². The summed E-state index contributed by atoms with van der Waals surface area (Å²) in [6.07, 6.45) is 2.29. The largest absolute Gasteiger partial charge is 0.444 e. The summed E-state index contributed by atoms with van der Waals surface area (Å²) in [5, 5.41) is 6.41. The zero-order valence-corrected chi connectivity index (χ0v) is 21.5. The van der Waals surface area contributed by atoms with Crippen LogP contribution in [0.3, 0.4) is 0 Å². The summed E-state index contributed by atoms with van der Waals surface area (Å²) in [7, 11) is 0. The fourth-order valence-electron chi connectivity index (χ4n) is 3.98. The van der Waals surface area contributed by atoms with Crippen LogP contribution in [0.2, 0.25) is 0 Å². The lowest BCUT2D eigenvalue weighted by Gasteiger charge is -2.24. The minimum atomic E-state index is -0.514. The van der Waals surface area contributed by atoms with E-state index in [4.69, 9.17) is 4.74 Å². The first-order chi connectivity index (χ1) is 16.7. The minimum absolute atomic E-state index is 0.0297. The Morgan fingerprint density at radius 2 is 1.60 bits per heavy atom. The molecule has 0 aliphatic rings. The average molecular weight is 479 g/mol. The van der Waals surface area contributed by atoms with Crippen molar-refractivity contribution >= 4 is 6.09 Å². The highest BCUT2D eigenvalue weighted by Crippen LogP contribution is 2.23. The molecule has 0 saturated carbocycles. The van der Waals surface area contributed by atoms with Gasteiger partial charge in [0.05, 0.1) is 24.0 Å². The summed E-state index contributed by atoms with van der Waals surface area (Å²) >= 11 is 0. The number of ether oxygens (including phenoxy) is 1. The van der Waals surface area contributed by atoms with Crippen molar-refractivity contribution in [3.8, 4) is 5.69 Å². The van der Waals surface area contributed by atoms with E-state index < -0.39 is 11.7 Å². The molecule has 188 valence electrons. The number of hydrogen-bond donors (Lipinski definition) is 2. The number of rotatable bonds is 10. The first kappa shape index (κ1) is 26.3. The molecule has 1 aromatic heterocycles. The van der Waals surface area contributed by atoms with Gasteiger partial charge in [-0.05, 0) is 57.4 Å². The Labute approximate surface area is 208 Å². The number of alkyl carbamates (subject to hydrolysis) is 1. The van der Waals surface area contributed by atoms with Crippen LogP contribution in [0.25, 0.3) is 5.69 Å². The van der Waals surface area contributed by atoms with Gasteiger partial charge in [-0.25, -0.2) is 9.59 Å². The summed E-state index contributed by atoms with van der Waals surface area (Å²) < 4.78 is 8.87. The second-order valence-corrected chi connectivity index (χ2v) is 10.1. The Morgan fingerprint density at radius 1 is 0.971 bits per heavy atom. The molecule has 7 nitrogen and oxygen atoms in total. The topological polar surface area (TPSA) is 77.3 Å². The van der Waals surface area contributed by atoms with E-state index in [0.29, 0.717) is 19.6 Å². The molecule has 3 aromatic rings. The first-order valence-electron chi connectivity index (χ1n) is 12.3. The predicted octanol–water partition coefficient (Wildman–Crippen LogP) is 4.89. The molecular weight excluding hydrogens is 440 g/mol. The Bertz CT molecular complexity index is 1130. The highest BCUT2D eigenvalue weighted by Gasteiger charge is 2.23. The van der Waals surface area contributed by atoms with E-state index in [1.54, 1.807) is 4.57 Å². The van der Waals surface area contributed by atoms with E-state index in [9.17, 15) is 9.59 Å². The van der Waals surface area contributed by atoms with E-state index >= 15 is 0 Å². The van der Waals surface area contributed by atoms with Gasteiger partial charge in [-0.15, -0.1) is 0 Å². The monoisotopic (exact) mass is 478 g/mol. The Hall–Kier alpha value is -3.32. The molecule has 1 heterocycles. The zero-order chi connectivity index (χ0) is 25.4. The van der Waals surface area contributed by atoms with Crippen molar-refractivity contribution in [2.75, 3.05) is 13.1 Å². The summed E-state index contributed by atoms with van der Waals surface area (Å²) in [6, 6.07) is 19.7. The molecule has 2 aromatic carbocycles. The average Bonchev–Trinajstić information content (AvgIpc) is 3.12. The third kappa shape index (κ3) is 7.59. The first-order valence-corrected chi connectivity index (χ1v) is 12.3. The fourth-order valence-corrected chi connectivity index (χ4v) is 3.98. The van der Waals surface area contributed by atoms with Crippen LogP contribution in [0.4, 0.5) is 4.79 Å². The van der Waals surface area contributed by atoms with Gasteiger partial charge >= 0.3 is 11.8 Å². The van der Waals surface area contributed by atoms with Gasteiger partial charge < -0.3 is 15.4 Å². The van der Waals surface area contributed by atoms with Gasteiger partial charge in [0.2, 0.25) is 0 Å². The molecule has 1 atom stereocenters. The van der Waals surface area contributed by atoms with Crippen molar-refractivity contribution in [2.24, 2.45) is 5.92 Å². The molecule has 0 fully saturated rings. The third-order valence-electron chi connectivity index (χ3n) is 5.60. The molecule has 0 bridgehead atoms. The zero-order valence-electron chi connectivity index (χ0n) is 21.5. The summed E-state index contributed by atoms with van der Waals surface area (Å²) in [4.78, 5) is 25.4. The molecule has 0 aliphatic heterocycles. The number of amides is 1. The summed E-state index contributed by atoms with van der Waals surface area (Å²) in [6.45, 7) is 11.5. The van der Waals surface area contributed by atoms with Gasteiger partial charge in [0.25, 0.3) is 0 Å². The van der Waals surface area contributed by atoms with Crippen LogP contribution in [0, 0.1) is 5.92 Å².